The summed E-state index contributed by atoms with van der Waals surface area (Å²) in [4.78, 5) is 34.1. The maximum Gasteiger partial charge on any atom is 0.208 e. The normalized spacial score (nSPS) is 11.9. The third-order valence-electron chi connectivity index (χ3n) is 5.93. The minimum absolute atomic E-state index is 0.0322. The lowest BCUT2D eigenvalue weighted by atomic mass is 10.1. The van der Waals surface area contributed by atoms with Gasteiger partial charge in [-0.2, -0.15) is 0 Å². The molecule has 0 aliphatic rings. The number of hydrogen-bond donors (Lipinski definition) is 3. The van der Waals surface area contributed by atoms with E-state index in [0.29, 0.717) is 39.1 Å². The van der Waals surface area contributed by atoms with Crippen LogP contribution in [0.4, 0.5) is 0 Å². The van der Waals surface area contributed by atoms with Crippen LogP contribution >= 0.6 is 0 Å². The number of nitrogens with one attached hydrogen (secondary N) is 3. The van der Waals surface area contributed by atoms with Crippen LogP contribution < -0.4 is 15.6 Å². The molecule has 2 aromatic heterocycles. The summed E-state index contributed by atoms with van der Waals surface area (Å²) in [5.74, 6) is 0. The molecule has 36 heavy (non-hydrogen) atoms. The molecule has 9 heteroatoms. The second-order valence-corrected chi connectivity index (χ2v) is 11.0. The number of H-pyrrole nitrogens is 2. The van der Waals surface area contributed by atoms with Crippen molar-refractivity contribution in [1.29, 1.82) is 0 Å². The van der Waals surface area contributed by atoms with Crippen molar-refractivity contribution in [2.75, 3.05) is 33.4 Å². The minimum Gasteiger partial charge on any atom is -0.354 e. The summed E-state index contributed by atoms with van der Waals surface area (Å²) in [5, 5.41) is 2.44. The highest BCUT2D eigenvalue weighted by Crippen LogP contribution is 2.21. The quantitative estimate of drug-likeness (QED) is 0.241. The van der Waals surface area contributed by atoms with Crippen LogP contribution in [0.2, 0.25) is 0 Å². The van der Waals surface area contributed by atoms with Crippen LogP contribution in [0.15, 0.2) is 70.3 Å². The minimum atomic E-state index is -2.99. The number of sulfonamides is 1. The highest BCUT2D eigenvalue weighted by atomic mass is 32.2. The Morgan fingerprint density at radius 2 is 1.19 bits per heavy atom. The molecule has 3 N–H and O–H groups in total. The molecular weight excluding hydrogens is 476 g/mol. The number of rotatable bonds is 6. The van der Waals surface area contributed by atoms with E-state index in [9.17, 15) is 18.0 Å². The van der Waals surface area contributed by atoms with Gasteiger partial charge < -0.3 is 14.9 Å². The van der Waals surface area contributed by atoms with Crippen LogP contribution in [0, 0.1) is 0 Å². The monoisotopic (exact) mass is 506 g/mol. The molecule has 0 saturated heterocycles. The van der Waals surface area contributed by atoms with E-state index in [0.717, 1.165) is 30.4 Å². The summed E-state index contributed by atoms with van der Waals surface area (Å²) in [6, 6.07) is 18.3. The summed E-state index contributed by atoms with van der Waals surface area (Å²) in [6.45, 7) is 1.55. The van der Waals surface area contributed by atoms with E-state index in [1.807, 2.05) is 50.5 Å². The zero-order chi connectivity index (χ0) is 25.9. The maximum atomic E-state index is 12.8. The van der Waals surface area contributed by atoms with Gasteiger partial charge in [0.05, 0.1) is 17.3 Å². The lowest BCUT2D eigenvalue weighted by Crippen LogP contribution is -2.23. The van der Waals surface area contributed by atoms with E-state index in [-0.39, 0.29) is 10.9 Å². The van der Waals surface area contributed by atoms with Crippen LogP contribution in [0.5, 0.6) is 0 Å². The largest absolute Gasteiger partial charge is 0.354 e. The number of pyridine rings is 2. The Kier molecular flexibility index (Phi) is 7.53. The number of aromatic amines is 2. The van der Waals surface area contributed by atoms with Gasteiger partial charge in [0.25, 0.3) is 0 Å². The van der Waals surface area contributed by atoms with Crippen molar-refractivity contribution in [3.63, 3.8) is 0 Å². The number of hydrogen-bond acceptors (Lipinski definition) is 5. The number of para-hydroxylation sites is 2. The molecule has 0 aliphatic heterocycles. The average molecular weight is 507 g/mol. The zero-order valence-electron chi connectivity index (χ0n) is 20.6. The highest BCUT2D eigenvalue weighted by Gasteiger charge is 2.10. The van der Waals surface area contributed by atoms with E-state index < -0.39 is 10.0 Å². The highest BCUT2D eigenvalue weighted by molar-refractivity contribution is 7.88. The van der Waals surface area contributed by atoms with Crippen molar-refractivity contribution in [3.05, 3.63) is 81.1 Å². The molecule has 0 atom stereocenters. The Morgan fingerprint density at radius 3 is 1.64 bits per heavy atom. The molecule has 0 saturated carbocycles. The fraction of sp³-hybridized carbons (Fsp3) is 0.259. The summed E-state index contributed by atoms with van der Waals surface area (Å²) >= 11 is 0. The molecule has 0 spiro atoms. The van der Waals surface area contributed by atoms with Crippen LogP contribution in [-0.4, -0.2) is 56.7 Å². The van der Waals surface area contributed by atoms with Crippen LogP contribution in [0.1, 0.15) is 12.8 Å². The van der Waals surface area contributed by atoms with E-state index in [1.165, 1.54) is 6.26 Å². The van der Waals surface area contributed by atoms with E-state index in [2.05, 4.69) is 19.6 Å². The molecule has 3 aromatic carbocycles. The van der Waals surface area contributed by atoms with Gasteiger partial charge in [0.15, 0.2) is 10.9 Å². The van der Waals surface area contributed by atoms with Gasteiger partial charge >= 0.3 is 0 Å². The second kappa shape index (κ2) is 10.6. The van der Waals surface area contributed by atoms with Gasteiger partial charge in [-0.05, 0) is 69.9 Å². The zero-order valence-corrected chi connectivity index (χ0v) is 21.4. The van der Waals surface area contributed by atoms with E-state index >= 15 is 0 Å². The van der Waals surface area contributed by atoms with Crippen molar-refractivity contribution < 1.29 is 8.42 Å². The number of benzene rings is 3. The van der Waals surface area contributed by atoms with Crippen molar-refractivity contribution in [2.24, 2.45) is 0 Å². The molecule has 8 nitrogen and oxygen atoms in total. The first-order chi connectivity index (χ1) is 17.1. The van der Waals surface area contributed by atoms with E-state index in [1.54, 1.807) is 24.3 Å². The molecular formula is C27H30N4O4S. The number of fused-ring (bicyclic) bond motifs is 4. The fourth-order valence-electron chi connectivity index (χ4n) is 4.15. The maximum absolute atomic E-state index is 12.8. The first kappa shape index (κ1) is 25.6. The standard InChI is InChI=1S/C20H12N2O2.C7H18N2O2S/c23-19-11-5-1-3-7-15(11)21-17-10-14-18(9-13(17)19)22-16-8-4-2-6-12(16)20(14)24;1-9(2)7-5-4-6-8-12(3,10)11/h1-10H,(H,21,23)(H,22,24);8H,4-7H2,1-3H3. The van der Waals surface area contributed by atoms with Crippen molar-refractivity contribution >= 4 is 53.6 Å². The Hall–Kier alpha value is -3.53. The van der Waals surface area contributed by atoms with Crippen molar-refractivity contribution in [3.8, 4) is 0 Å². The molecule has 2 heterocycles. The summed E-state index contributed by atoms with van der Waals surface area (Å²) in [5.41, 5.74) is 2.82. The number of nitrogens with zero attached hydrogens (tertiary/aromatic N) is 1. The van der Waals surface area contributed by atoms with Gasteiger partial charge in [-0.15, -0.1) is 0 Å². The predicted octanol–water partition coefficient (Wildman–Crippen LogP) is 3.55. The molecule has 0 aliphatic carbocycles. The third-order valence-corrected chi connectivity index (χ3v) is 6.65. The van der Waals surface area contributed by atoms with Gasteiger partial charge in [-0.25, -0.2) is 13.1 Å². The van der Waals surface area contributed by atoms with Gasteiger partial charge in [0, 0.05) is 39.1 Å². The molecule has 0 fully saturated rings. The van der Waals surface area contributed by atoms with Gasteiger partial charge in [-0.1, -0.05) is 24.3 Å². The van der Waals surface area contributed by atoms with Crippen molar-refractivity contribution in [1.82, 2.24) is 19.6 Å². The van der Waals surface area contributed by atoms with E-state index in [4.69, 9.17) is 0 Å². The Morgan fingerprint density at radius 1 is 0.722 bits per heavy atom. The number of aromatic nitrogens is 2. The molecule has 0 unspecified atom stereocenters. The van der Waals surface area contributed by atoms with Gasteiger partial charge in [-0.3, -0.25) is 9.59 Å². The van der Waals surface area contributed by atoms with Gasteiger partial charge in [0.1, 0.15) is 0 Å². The van der Waals surface area contributed by atoms with Crippen LogP contribution in [0.25, 0.3) is 43.6 Å². The Balaban J connectivity index is 0.000000218. The lowest BCUT2D eigenvalue weighted by Gasteiger charge is -2.08. The summed E-state index contributed by atoms with van der Waals surface area (Å²) in [7, 11) is 1.02. The molecule has 0 radical (unpaired) electrons. The Bertz CT molecular complexity index is 1660. The lowest BCUT2D eigenvalue weighted by molar-refractivity contribution is 0.394. The molecule has 5 rings (SSSR count). The predicted molar refractivity (Wildman–Crippen MR) is 148 cm³/mol. The first-order valence-electron chi connectivity index (χ1n) is 11.7. The Labute approximate surface area is 209 Å². The summed E-state index contributed by atoms with van der Waals surface area (Å²) < 4.78 is 23.7. The first-order valence-corrected chi connectivity index (χ1v) is 13.6. The smallest absolute Gasteiger partial charge is 0.208 e. The third kappa shape index (κ3) is 5.81. The molecule has 0 amide bonds. The summed E-state index contributed by atoms with van der Waals surface area (Å²) in [6.07, 6.45) is 3.10. The van der Waals surface area contributed by atoms with Crippen LogP contribution in [-0.2, 0) is 10.0 Å². The number of unbranched alkanes of at least 4 members (excludes halogenated alkanes) is 1. The fourth-order valence-corrected chi connectivity index (χ4v) is 4.67. The molecule has 0 bridgehead atoms. The van der Waals surface area contributed by atoms with Gasteiger partial charge in [0.2, 0.25) is 10.0 Å². The topological polar surface area (TPSA) is 115 Å². The second-order valence-electron chi connectivity index (χ2n) is 9.12. The molecule has 188 valence electrons. The van der Waals surface area contributed by atoms with Crippen LogP contribution in [0.3, 0.4) is 0 Å². The average Bonchev–Trinajstić information content (AvgIpc) is 2.83. The molecule has 5 aromatic rings. The van der Waals surface area contributed by atoms with Crippen molar-refractivity contribution in [2.45, 2.75) is 12.8 Å². The SMILES string of the molecule is CN(C)CCCCNS(C)(=O)=O.O=c1c2ccccc2[nH]c2cc3c(=O)c4ccccc4[nH]c3cc12.